The maximum absolute atomic E-state index is 11.3. The predicted molar refractivity (Wildman–Crippen MR) is 67.8 cm³/mol. The molecule has 0 aromatic rings. The third kappa shape index (κ3) is 5.86. The van der Waals surface area contributed by atoms with Gasteiger partial charge in [0.05, 0.1) is 0 Å². The molecule has 0 aromatic heterocycles. The number of rotatable bonds is 9. The Kier molecular flexibility index (Phi) is 8.96. The van der Waals surface area contributed by atoms with Gasteiger partial charge in [0.2, 0.25) is 10.5 Å². The molecular formula is C12H20Cl2O2. The van der Waals surface area contributed by atoms with Crippen LogP contribution in [0.1, 0.15) is 52.4 Å². The van der Waals surface area contributed by atoms with Crippen molar-refractivity contribution in [3.05, 3.63) is 0 Å². The molecular weight excluding hydrogens is 247 g/mol. The maximum atomic E-state index is 11.3. The second kappa shape index (κ2) is 9.00. The summed E-state index contributed by atoms with van der Waals surface area (Å²) >= 11 is 11.1. The molecule has 94 valence electrons. The fraction of sp³-hybridized carbons (Fsp3) is 0.833. The van der Waals surface area contributed by atoms with Crippen LogP contribution in [0.25, 0.3) is 0 Å². The zero-order valence-corrected chi connectivity index (χ0v) is 11.5. The Bertz CT molecular complexity index is 205. The normalized spacial score (nSPS) is 14.5. The van der Waals surface area contributed by atoms with Crippen molar-refractivity contribution < 1.29 is 9.59 Å². The standard InChI is InChI=1S/C12H20Cl2O2/c1-3-5-7-9(11(13)15)10(12(14)16)8-6-4-2/h9-10H,3-8H2,1-2H3. The average Bonchev–Trinajstić information content (AvgIpc) is 2.21. The molecule has 0 aliphatic heterocycles. The molecule has 16 heavy (non-hydrogen) atoms. The van der Waals surface area contributed by atoms with Crippen LogP contribution in [0, 0.1) is 11.8 Å². The van der Waals surface area contributed by atoms with E-state index in [1.807, 2.05) is 13.8 Å². The highest BCUT2D eigenvalue weighted by atomic mass is 35.5. The first-order chi connectivity index (χ1) is 7.54. The van der Waals surface area contributed by atoms with E-state index < -0.39 is 22.3 Å². The van der Waals surface area contributed by atoms with Crippen molar-refractivity contribution in [1.82, 2.24) is 0 Å². The van der Waals surface area contributed by atoms with Gasteiger partial charge in [0.25, 0.3) is 0 Å². The maximum Gasteiger partial charge on any atom is 0.225 e. The van der Waals surface area contributed by atoms with Crippen molar-refractivity contribution >= 4 is 33.7 Å². The highest BCUT2D eigenvalue weighted by molar-refractivity contribution is 6.66. The van der Waals surface area contributed by atoms with E-state index >= 15 is 0 Å². The molecule has 0 aliphatic carbocycles. The molecule has 0 rings (SSSR count). The van der Waals surface area contributed by atoms with E-state index in [2.05, 4.69) is 0 Å². The minimum absolute atomic E-state index is 0.404. The number of hydrogen-bond acceptors (Lipinski definition) is 2. The lowest BCUT2D eigenvalue weighted by Gasteiger charge is -2.20. The van der Waals surface area contributed by atoms with E-state index in [0.29, 0.717) is 12.8 Å². The number of hydrogen-bond donors (Lipinski definition) is 0. The summed E-state index contributed by atoms with van der Waals surface area (Å²) in [7, 11) is 0. The highest BCUT2D eigenvalue weighted by Gasteiger charge is 2.30. The molecule has 2 unspecified atom stereocenters. The first kappa shape index (κ1) is 15.9. The molecule has 0 radical (unpaired) electrons. The SMILES string of the molecule is CCCCC(C(=O)Cl)C(CCCC)C(=O)Cl. The number of carbonyl (C=O) groups excluding carboxylic acids is 2. The van der Waals surface area contributed by atoms with Gasteiger partial charge in [0, 0.05) is 11.8 Å². The molecule has 4 heteroatoms. The smallest absolute Gasteiger partial charge is 0.225 e. The van der Waals surface area contributed by atoms with Crippen molar-refractivity contribution in [3.8, 4) is 0 Å². The van der Waals surface area contributed by atoms with Crippen molar-refractivity contribution in [1.29, 1.82) is 0 Å². The first-order valence-corrected chi connectivity index (χ1v) is 6.68. The minimum Gasteiger partial charge on any atom is -0.281 e. The van der Waals surface area contributed by atoms with Gasteiger partial charge < -0.3 is 0 Å². The Morgan fingerprint density at radius 2 is 1.19 bits per heavy atom. The molecule has 0 saturated carbocycles. The summed E-state index contributed by atoms with van der Waals surface area (Å²) in [5.74, 6) is -0.809. The number of halogens is 2. The van der Waals surface area contributed by atoms with E-state index in [9.17, 15) is 9.59 Å². The monoisotopic (exact) mass is 266 g/mol. The molecule has 0 N–H and O–H groups in total. The topological polar surface area (TPSA) is 34.1 Å². The van der Waals surface area contributed by atoms with Gasteiger partial charge in [-0.1, -0.05) is 39.5 Å². The van der Waals surface area contributed by atoms with Crippen LogP contribution in [0.5, 0.6) is 0 Å². The molecule has 2 atom stereocenters. The van der Waals surface area contributed by atoms with Crippen LogP contribution in [-0.2, 0) is 9.59 Å². The molecule has 0 aromatic carbocycles. The molecule has 0 spiro atoms. The zero-order chi connectivity index (χ0) is 12.6. The van der Waals surface area contributed by atoms with E-state index in [1.165, 1.54) is 0 Å². The summed E-state index contributed by atoms with van der Waals surface area (Å²) in [5.41, 5.74) is 0. The van der Waals surface area contributed by atoms with E-state index in [4.69, 9.17) is 23.2 Å². The summed E-state index contributed by atoms with van der Waals surface area (Å²) in [4.78, 5) is 22.6. The second-order valence-electron chi connectivity index (χ2n) is 4.11. The lowest BCUT2D eigenvalue weighted by molar-refractivity contribution is -0.124. The van der Waals surface area contributed by atoms with Crippen molar-refractivity contribution in [3.63, 3.8) is 0 Å². The van der Waals surface area contributed by atoms with Crippen LogP contribution < -0.4 is 0 Å². The summed E-state index contributed by atoms with van der Waals surface area (Å²) in [6.07, 6.45) is 5.08. The molecule has 2 nitrogen and oxygen atoms in total. The van der Waals surface area contributed by atoms with Crippen LogP contribution in [-0.4, -0.2) is 10.5 Å². The van der Waals surface area contributed by atoms with Gasteiger partial charge in [-0.3, -0.25) is 9.59 Å². The lowest BCUT2D eigenvalue weighted by atomic mass is 9.86. The third-order valence-electron chi connectivity index (χ3n) is 2.81. The summed E-state index contributed by atoms with van der Waals surface area (Å²) < 4.78 is 0. The summed E-state index contributed by atoms with van der Waals surface area (Å²) in [5, 5.41) is -0.855. The molecule has 0 amide bonds. The lowest BCUT2D eigenvalue weighted by Crippen LogP contribution is -2.25. The zero-order valence-electron chi connectivity index (χ0n) is 9.97. The van der Waals surface area contributed by atoms with E-state index in [0.717, 1.165) is 25.7 Å². The molecule has 0 heterocycles. The Morgan fingerprint density at radius 1 is 0.875 bits per heavy atom. The number of unbranched alkanes of at least 4 members (excludes halogenated alkanes) is 2. The predicted octanol–water partition coefficient (Wildman–Crippen LogP) is 4.13. The average molecular weight is 267 g/mol. The fourth-order valence-electron chi connectivity index (χ4n) is 1.79. The van der Waals surface area contributed by atoms with E-state index in [-0.39, 0.29) is 0 Å². The summed E-state index contributed by atoms with van der Waals surface area (Å²) in [6, 6.07) is 0. The van der Waals surface area contributed by atoms with Crippen LogP contribution in [0.2, 0.25) is 0 Å². The molecule has 0 bridgehead atoms. The van der Waals surface area contributed by atoms with Crippen LogP contribution in [0.3, 0.4) is 0 Å². The quantitative estimate of drug-likeness (QED) is 0.588. The Balaban J connectivity index is 4.52. The largest absolute Gasteiger partial charge is 0.281 e. The molecule has 0 fully saturated rings. The minimum atomic E-state index is -0.427. The van der Waals surface area contributed by atoms with Gasteiger partial charge in [0.15, 0.2) is 0 Å². The van der Waals surface area contributed by atoms with Gasteiger partial charge in [-0.25, -0.2) is 0 Å². The fourth-order valence-corrected chi connectivity index (χ4v) is 2.32. The molecule has 0 aliphatic rings. The third-order valence-corrected chi connectivity index (χ3v) is 3.37. The van der Waals surface area contributed by atoms with Gasteiger partial charge in [-0.05, 0) is 36.0 Å². The van der Waals surface area contributed by atoms with Crippen LogP contribution in [0.15, 0.2) is 0 Å². The number of carbonyl (C=O) groups is 2. The second-order valence-corrected chi connectivity index (χ2v) is 4.85. The first-order valence-electron chi connectivity index (χ1n) is 5.93. The Hall–Kier alpha value is -0.0800. The van der Waals surface area contributed by atoms with Gasteiger partial charge >= 0.3 is 0 Å². The molecule has 0 saturated heterocycles. The Morgan fingerprint density at radius 3 is 1.38 bits per heavy atom. The van der Waals surface area contributed by atoms with Gasteiger partial charge in [0.1, 0.15) is 0 Å². The van der Waals surface area contributed by atoms with Crippen LogP contribution >= 0.6 is 23.2 Å². The van der Waals surface area contributed by atoms with Crippen molar-refractivity contribution in [2.24, 2.45) is 11.8 Å². The van der Waals surface area contributed by atoms with Gasteiger partial charge in [-0.15, -0.1) is 0 Å². The van der Waals surface area contributed by atoms with Crippen molar-refractivity contribution in [2.45, 2.75) is 52.4 Å². The highest BCUT2D eigenvalue weighted by Crippen LogP contribution is 2.28. The summed E-state index contributed by atoms with van der Waals surface area (Å²) in [6.45, 7) is 4.08. The Labute approximate surface area is 108 Å². The van der Waals surface area contributed by atoms with Gasteiger partial charge in [-0.2, -0.15) is 0 Å². The van der Waals surface area contributed by atoms with Crippen LogP contribution in [0.4, 0.5) is 0 Å². The van der Waals surface area contributed by atoms with E-state index in [1.54, 1.807) is 0 Å². The van der Waals surface area contributed by atoms with Crippen molar-refractivity contribution in [2.75, 3.05) is 0 Å².